The van der Waals surface area contributed by atoms with Crippen molar-refractivity contribution in [3.05, 3.63) is 40.7 Å². The van der Waals surface area contributed by atoms with Crippen LogP contribution < -0.4 is 20.7 Å². The molecule has 2 aliphatic rings. The summed E-state index contributed by atoms with van der Waals surface area (Å²) in [4.78, 5) is 9.49. The average Bonchev–Trinajstić information content (AvgIpc) is 2.95. The standard InChI is InChI=1S/C21H27N5O/c1-13-11-16(22-3)12-18(24-13)26-21-14(2)19(15-5-4-8-23-9-6-15)20-17(25-21)7-10-27-20/h6,11-12,23H,4-5,7-10H2,1-3H3,(H2,22,24,25,26). The minimum absolute atomic E-state index is 0.705. The maximum absolute atomic E-state index is 5.99. The fourth-order valence-electron chi connectivity index (χ4n) is 3.81. The molecule has 6 heteroatoms. The van der Waals surface area contributed by atoms with Gasteiger partial charge in [0.1, 0.15) is 17.4 Å². The number of hydrogen-bond donors (Lipinski definition) is 3. The zero-order valence-electron chi connectivity index (χ0n) is 16.3. The van der Waals surface area contributed by atoms with Gasteiger partial charge < -0.3 is 20.7 Å². The molecule has 0 saturated carbocycles. The number of allylic oxidation sites excluding steroid dienone is 1. The lowest BCUT2D eigenvalue weighted by Crippen LogP contribution is -2.12. The Morgan fingerprint density at radius 2 is 2.04 bits per heavy atom. The van der Waals surface area contributed by atoms with E-state index in [1.165, 1.54) is 11.1 Å². The summed E-state index contributed by atoms with van der Waals surface area (Å²) in [7, 11) is 1.92. The molecule has 2 aromatic rings. The molecule has 142 valence electrons. The van der Waals surface area contributed by atoms with Gasteiger partial charge in [-0.05, 0) is 44.9 Å². The molecule has 27 heavy (non-hydrogen) atoms. The number of nitrogens with zero attached hydrogens (tertiary/aromatic N) is 2. The molecule has 3 N–H and O–H groups in total. The van der Waals surface area contributed by atoms with E-state index in [1.54, 1.807) is 0 Å². The first-order chi connectivity index (χ1) is 13.2. The van der Waals surface area contributed by atoms with E-state index < -0.39 is 0 Å². The van der Waals surface area contributed by atoms with Gasteiger partial charge in [0.15, 0.2) is 0 Å². The first-order valence-corrected chi connectivity index (χ1v) is 9.65. The van der Waals surface area contributed by atoms with Gasteiger partial charge in [0.05, 0.1) is 12.3 Å². The highest BCUT2D eigenvalue weighted by atomic mass is 16.5. The number of fused-ring (bicyclic) bond motifs is 1. The lowest BCUT2D eigenvalue weighted by Gasteiger charge is -2.18. The number of ether oxygens (including phenoxy) is 1. The Morgan fingerprint density at radius 3 is 2.89 bits per heavy atom. The molecular formula is C21H27N5O. The van der Waals surface area contributed by atoms with Gasteiger partial charge in [0.2, 0.25) is 0 Å². The highest BCUT2D eigenvalue weighted by Crippen LogP contribution is 2.40. The molecule has 4 heterocycles. The van der Waals surface area contributed by atoms with Crippen LogP contribution in [0.5, 0.6) is 5.75 Å². The van der Waals surface area contributed by atoms with E-state index in [4.69, 9.17) is 9.72 Å². The van der Waals surface area contributed by atoms with Gasteiger partial charge in [-0.1, -0.05) is 6.08 Å². The molecule has 0 atom stereocenters. The van der Waals surface area contributed by atoms with Crippen molar-refractivity contribution in [1.82, 2.24) is 15.3 Å². The van der Waals surface area contributed by atoms with Crippen LogP contribution in [0.15, 0.2) is 18.2 Å². The smallest absolute Gasteiger partial charge is 0.148 e. The van der Waals surface area contributed by atoms with Crippen molar-refractivity contribution in [2.24, 2.45) is 0 Å². The number of aromatic nitrogens is 2. The van der Waals surface area contributed by atoms with Crippen LogP contribution in [0.2, 0.25) is 0 Å². The number of nitrogens with one attached hydrogen (secondary N) is 3. The van der Waals surface area contributed by atoms with E-state index in [9.17, 15) is 0 Å². The maximum Gasteiger partial charge on any atom is 0.148 e. The van der Waals surface area contributed by atoms with E-state index in [-0.39, 0.29) is 0 Å². The summed E-state index contributed by atoms with van der Waals surface area (Å²) < 4.78 is 5.99. The Morgan fingerprint density at radius 1 is 1.15 bits per heavy atom. The molecule has 0 bridgehead atoms. The van der Waals surface area contributed by atoms with E-state index in [0.717, 1.165) is 72.4 Å². The summed E-state index contributed by atoms with van der Waals surface area (Å²) in [5, 5.41) is 10.1. The van der Waals surface area contributed by atoms with Crippen molar-refractivity contribution in [1.29, 1.82) is 0 Å². The average molecular weight is 365 g/mol. The van der Waals surface area contributed by atoms with Gasteiger partial charge in [0, 0.05) is 48.6 Å². The van der Waals surface area contributed by atoms with Gasteiger partial charge in [-0.3, -0.25) is 0 Å². The molecule has 0 aliphatic carbocycles. The Balaban J connectivity index is 1.77. The van der Waals surface area contributed by atoms with Gasteiger partial charge in [-0.2, -0.15) is 0 Å². The monoisotopic (exact) mass is 365 g/mol. The number of aryl methyl sites for hydroxylation is 1. The fourth-order valence-corrected chi connectivity index (χ4v) is 3.81. The zero-order valence-corrected chi connectivity index (χ0v) is 16.3. The second-order valence-corrected chi connectivity index (χ2v) is 7.13. The Kier molecular flexibility index (Phi) is 4.99. The fraction of sp³-hybridized carbons (Fsp3) is 0.429. The topological polar surface area (TPSA) is 71.1 Å². The van der Waals surface area contributed by atoms with Gasteiger partial charge >= 0.3 is 0 Å². The molecule has 0 radical (unpaired) electrons. The number of hydrogen-bond acceptors (Lipinski definition) is 6. The predicted molar refractivity (Wildman–Crippen MR) is 110 cm³/mol. The van der Waals surface area contributed by atoms with Crippen molar-refractivity contribution in [2.45, 2.75) is 33.1 Å². The minimum atomic E-state index is 0.705. The van der Waals surface area contributed by atoms with Gasteiger partial charge in [0.25, 0.3) is 0 Å². The first kappa shape index (κ1) is 17.8. The molecule has 0 amide bonds. The summed E-state index contributed by atoms with van der Waals surface area (Å²) in [6, 6.07) is 4.03. The molecule has 0 saturated heterocycles. The van der Waals surface area contributed by atoms with Crippen LogP contribution in [0.4, 0.5) is 17.3 Å². The van der Waals surface area contributed by atoms with Crippen molar-refractivity contribution in [2.75, 3.05) is 37.4 Å². The maximum atomic E-state index is 5.99. The second-order valence-electron chi connectivity index (χ2n) is 7.13. The summed E-state index contributed by atoms with van der Waals surface area (Å²) in [6.07, 6.45) is 5.34. The molecule has 2 aromatic heterocycles. The van der Waals surface area contributed by atoms with E-state index in [0.29, 0.717) is 6.61 Å². The summed E-state index contributed by atoms with van der Waals surface area (Å²) in [6.45, 7) is 6.78. The van der Waals surface area contributed by atoms with Crippen molar-refractivity contribution in [3.8, 4) is 5.75 Å². The Bertz CT molecular complexity index is 891. The number of rotatable bonds is 4. The highest BCUT2D eigenvalue weighted by molar-refractivity contribution is 5.79. The third kappa shape index (κ3) is 3.62. The number of pyridine rings is 2. The minimum Gasteiger partial charge on any atom is -0.491 e. The van der Waals surface area contributed by atoms with E-state index in [2.05, 4.69) is 33.9 Å². The van der Waals surface area contributed by atoms with Crippen molar-refractivity contribution >= 4 is 22.9 Å². The molecule has 2 aliphatic heterocycles. The molecule has 0 unspecified atom stereocenters. The lowest BCUT2D eigenvalue weighted by molar-refractivity contribution is 0.355. The third-order valence-electron chi connectivity index (χ3n) is 5.15. The molecule has 0 fully saturated rings. The van der Waals surface area contributed by atoms with Crippen LogP contribution in [0.1, 0.15) is 35.4 Å². The number of anilines is 3. The summed E-state index contributed by atoms with van der Waals surface area (Å²) in [5.41, 5.74) is 6.73. The van der Waals surface area contributed by atoms with E-state index >= 15 is 0 Å². The Hall–Kier alpha value is -2.60. The van der Waals surface area contributed by atoms with E-state index in [1.807, 2.05) is 26.1 Å². The van der Waals surface area contributed by atoms with Crippen LogP contribution >= 0.6 is 0 Å². The van der Waals surface area contributed by atoms with Crippen molar-refractivity contribution in [3.63, 3.8) is 0 Å². The van der Waals surface area contributed by atoms with Crippen LogP contribution in [0.3, 0.4) is 0 Å². The normalized spacial score (nSPS) is 16.2. The molecule has 6 nitrogen and oxygen atoms in total. The van der Waals surface area contributed by atoms with Gasteiger partial charge in [-0.15, -0.1) is 0 Å². The Labute approximate surface area is 160 Å². The summed E-state index contributed by atoms with van der Waals surface area (Å²) in [5.74, 6) is 2.64. The predicted octanol–water partition coefficient (Wildman–Crippen LogP) is 3.58. The van der Waals surface area contributed by atoms with Crippen molar-refractivity contribution < 1.29 is 4.74 Å². The van der Waals surface area contributed by atoms with Crippen LogP contribution in [-0.4, -0.2) is 36.7 Å². The first-order valence-electron chi connectivity index (χ1n) is 9.65. The lowest BCUT2D eigenvalue weighted by atomic mass is 9.95. The highest BCUT2D eigenvalue weighted by Gasteiger charge is 2.25. The SMILES string of the molecule is CNc1cc(C)nc(Nc2nc3c(c(C4=CCNCCC4)c2C)OCC3)c1. The molecule has 0 aromatic carbocycles. The third-order valence-corrected chi connectivity index (χ3v) is 5.15. The second kappa shape index (κ2) is 7.56. The molecule has 4 rings (SSSR count). The zero-order chi connectivity index (χ0) is 18.8. The molecule has 0 spiro atoms. The van der Waals surface area contributed by atoms with Crippen LogP contribution in [0, 0.1) is 13.8 Å². The van der Waals surface area contributed by atoms with Crippen LogP contribution in [-0.2, 0) is 6.42 Å². The quantitative estimate of drug-likeness (QED) is 0.769. The van der Waals surface area contributed by atoms with Crippen LogP contribution in [0.25, 0.3) is 5.57 Å². The van der Waals surface area contributed by atoms with Gasteiger partial charge in [-0.25, -0.2) is 9.97 Å². The molecular weight excluding hydrogens is 338 g/mol. The summed E-state index contributed by atoms with van der Waals surface area (Å²) >= 11 is 0. The largest absolute Gasteiger partial charge is 0.491 e.